The average Bonchev–Trinajstić information content (AvgIpc) is 4.14. The normalized spacial score (nSPS) is 14.2. The summed E-state index contributed by atoms with van der Waals surface area (Å²) >= 11 is 0. The SMILES string of the molecule is CCCCCCCCCCCCCCCC(=O)NC(CCCCN)C(=O)C[C@@H](CC(C)C)C(=O)N[C@@H](CO)C(=O)C[C@@H](Cc1cnc[nH]1)C(=O)N[C@@H](CO)C(=O)C[C@@H](CCCCN)C(=O)NCC(=O)C[C@H](C)Cc1cnc[nH]1. The second-order valence-corrected chi connectivity index (χ2v) is 22.0. The first kappa shape index (κ1) is 68.9. The molecule has 4 amide bonds. The molecule has 0 aromatic carbocycles. The Kier molecular flexibility index (Phi) is 36.9. The Hall–Kier alpha value is -5.18. The molecule has 0 aliphatic rings. The van der Waals surface area contributed by atoms with Gasteiger partial charge < -0.3 is 52.9 Å². The highest BCUT2D eigenvalue weighted by molar-refractivity contribution is 5.97. The van der Waals surface area contributed by atoms with Crippen LogP contribution in [0.25, 0.3) is 0 Å². The standard InChI is InChI=1S/C58H100N10O10/c1-5-6-7-8-9-10-11-12-13-14-15-16-17-24-55(75)66-49(23-19-21-26-60)52(72)32-44(27-41(2)3)57(77)67-51(38-70)54(74)33-45(30-47-35-62-40-65-47)58(78)68-50(37-69)53(73)31-43(22-18-20-25-59)56(76)63-36-48(71)29-42(4)28-46-34-61-39-64-46/h34-35,39-45,49-51,69-70H,5-33,36-38,59-60H2,1-4H3,(H,61,64)(H,62,65)(H,63,76)(H,66,75)(H,67,77)(H,68,78)/t42-,43-,44-,45-,49?,50+,51+/m1/s1. The fourth-order valence-electron chi connectivity index (χ4n) is 9.83. The van der Waals surface area contributed by atoms with E-state index in [0.29, 0.717) is 70.2 Å². The van der Waals surface area contributed by atoms with Crippen LogP contribution in [0.4, 0.5) is 0 Å². The van der Waals surface area contributed by atoms with E-state index in [0.717, 1.165) is 25.0 Å². The van der Waals surface area contributed by atoms with E-state index in [2.05, 4.69) is 48.1 Å². The van der Waals surface area contributed by atoms with Crippen LogP contribution >= 0.6 is 0 Å². The predicted octanol–water partition coefficient (Wildman–Crippen LogP) is 5.58. The van der Waals surface area contributed by atoms with E-state index in [4.69, 9.17) is 11.5 Å². The maximum atomic E-state index is 14.0. The Labute approximate surface area is 464 Å². The smallest absolute Gasteiger partial charge is 0.224 e. The molecule has 0 bridgehead atoms. The van der Waals surface area contributed by atoms with E-state index in [9.17, 15) is 48.6 Å². The number of nitrogens with two attached hydrogens (primary N) is 2. The first-order valence-electron chi connectivity index (χ1n) is 29.4. The average molecular weight is 1100 g/mol. The molecule has 442 valence electrons. The molecule has 2 heterocycles. The largest absolute Gasteiger partial charge is 0.394 e. The van der Waals surface area contributed by atoms with E-state index in [1.807, 2.05) is 20.8 Å². The molecule has 7 atom stereocenters. The van der Waals surface area contributed by atoms with Gasteiger partial charge in [-0.05, 0) is 76.3 Å². The molecule has 12 N–H and O–H groups in total. The number of aliphatic hydroxyl groups is 2. The molecule has 2 aromatic heterocycles. The number of aliphatic hydroxyl groups excluding tert-OH is 2. The number of aromatic amines is 2. The Morgan fingerprint density at radius 1 is 0.538 bits per heavy atom. The molecule has 0 saturated carbocycles. The summed E-state index contributed by atoms with van der Waals surface area (Å²) in [6.45, 7) is 6.84. The fraction of sp³-hybridized carbons (Fsp3) is 0.759. The van der Waals surface area contributed by atoms with E-state index >= 15 is 0 Å². The molecule has 0 fully saturated rings. The number of ketones is 4. The van der Waals surface area contributed by atoms with Crippen LogP contribution in [0.1, 0.15) is 200 Å². The predicted molar refractivity (Wildman–Crippen MR) is 301 cm³/mol. The van der Waals surface area contributed by atoms with E-state index < -0.39 is 84.8 Å². The molecule has 0 aliphatic heterocycles. The molecule has 0 radical (unpaired) electrons. The third-order valence-corrected chi connectivity index (χ3v) is 14.4. The van der Waals surface area contributed by atoms with Gasteiger partial charge in [0.2, 0.25) is 23.6 Å². The number of carbonyl (C=O) groups is 8. The Bertz CT molecular complexity index is 2000. The van der Waals surface area contributed by atoms with Crippen LogP contribution in [-0.2, 0) is 51.2 Å². The summed E-state index contributed by atoms with van der Waals surface area (Å²) < 4.78 is 0. The van der Waals surface area contributed by atoms with Gasteiger partial charge in [0.25, 0.3) is 0 Å². The second-order valence-electron chi connectivity index (χ2n) is 22.0. The van der Waals surface area contributed by atoms with Crippen molar-refractivity contribution in [1.29, 1.82) is 0 Å². The van der Waals surface area contributed by atoms with Gasteiger partial charge in [-0.25, -0.2) is 9.97 Å². The number of nitrogens with zero attached hydrogens (tertiary/aromatic N) is 2. The summed E-state index contributed by atoms with van der Waals surface area (Å²) in [6, 6.07) is -3.75. The van der Waals surface area contributed by atoms with Crippen molar-refractivity contribution in [3.8, 4) is 0 Å². The van der Waals surface area contributed by atoms with Crippen LogP contribution in [-0.4, -0.2) is 128 Å². The minimum absolute atomic E-state index is 0.0171. The monoisotopic (exact) mass is 1100 g/mol. The number of carbonyl (C=O) groups excluding carboxylic acids is 8. The number of amides is 4. The van der Waals surface area contributed by atoms with Crippen LogP contribution in [0, 0.1) is 29.6 Å². The van der Waals surface area contributed by atoms with Crippen molar-refractivity contribution in [2.45, 2.75) is 219 Å². The van der Waals surface area contributed by atoms with Crippen LogP contribution in [0.5, 0.6) is 0 Å². The molecular weight excluding hydrogens is 997 g/mol. The number of aromatic nitrogens is 4. The molecule has 78 heavy (non-hydrogen) atoms. The Morgan fingerprint density at radius 3 is 1.51 bits per heavy atom. The third-order valence-electron chi connectivity index (χ3n) is 14.4. The van der Waals surface area contributed by atoms with Gasteiger partial charge in [-0.15, -0.1) is 0 Å². The van der Waals surface area contributed by atoms with E-state index in [1.54, 1.807) is 12.5 Å². The van der Waals surface area contributed by atoms with Gasteiger partial charge in [0.1, 0.15) is 12.1 Å². The Balaban J connectivity index is 2.09. The Morgan fingerprint density at radius 2 is 1.01 bits per heavy atom. The van der Waals surface area contributed by atoms with Gasteiger partial charge in [-0.3, -0.25) is 38.4 Å². The highest BCUT2D eigenvalue weighted by Gasteiger charge is 2.34. The van der Waals surface area contributed by atoms with Crippen LogP contribution in [0.15, 0.2) is 25.0 Å². The lowest BCUT2D eigenvalue weighted by molar-refractivity contribution is -0.136. The van der Waals surface area contributed by atoms with Crippen LogP contribution in [0.2, 0.25) is 0 Å². The molecular formula is C58H100N10O10. The summed E-state index contributed by atoms with van der Waals surface area (Å²) in [5, 5.41) is 31.7. The van der Waals surface area contributed by atoms with E-state index in [1.165, 1.54) is 70.3 Å². The lowest BCUT2D eigenvalue weighted by Crippen LogP contribution is -2.50. The van der Waals surface area contributed by atoms with E-state index in [-0.39, 0.29) is 74.4 Å². The first-order chi connectivity index (χ1) is 37.5. The van der Waals surface area contributed by atoms with Crippen molar-refractivity contribution >= 4 is 46.8 Å². The third kappa shape index (κ3) is 30.3. The van der Waals surface area contributed by atoms with Crippen LogP contribution < -0.4 is 32.7 Å². The topological polar surface area (TPSA) is 335 Å². The van der Waals surface area contributed by atoms with Crippen molar-refractivity contribution < 1.29 is 48.6 Å². The highest BCUT2D eigenvalue weighted by Crippen LogP contribution is 2.22. The first-order valence-corrected chi connectivity index (χ1v) is 29.4. The summed E-state index contributed by atoms with van der Waals surface area (Å²) in [5.41, 5.74) is 12.8. The lowest BCUT2D eigenvalue weighted by atomic mass is 9.88. The van der Waals surface area contributed by atoms with Gasteiger partial charge in [-0.1, -0.05) is 111 Å². The number of imidazole rings is 2. The number of hydrogen-bond acceptors (Lipinski definition) is 14. The molecule has 2 rings (SSSR count). The van der Waals surface area contributed by atoms with Gasteiger partial charge in [-0.2, -0.15) is 0 Å². The quantitative estimate of drug-likeness (QED) is 0.0362. The number of nitrogens with one attached hydrogen (secondary N) is 6. The molecule has 2 aromatic rings. The van der Waals surface area contributed by atoms with Crippen molar-refractivity contribution in [3.63, 3.8) is 0 Å². The molecule has 20 heteroatoms. The van der Waals surface area contributed by atoms with Crippen molar-refractivity contribution in [2.24, 2.45) is 41.1 Å². The molecule has 0 spiro atoms. The van der Waals surface area contributed by atoms with Crippen molar-refractivity contribution in [1.82, 2.24) is 41.2 Å². The highest BCUT2D eigenvalue weighted by atomic mass is 16.3. The van der Waals surface area contributed by atoms with Crippen molar-refractivity contribution in [3.05, 3.63) is 36.4 Å². The zero-order valence-electron chi connectivity index (χ0n) is 47.8. The number of Topliss-reactive ketones (excluding diaryl/α,β-unsaturated/α-hetero) is 4. The minimum Gasteiger partial charge on any atom is -0.394 e. The zero-order chi connectivity index (χ0) is 57.5. The second kappa shape index (κ2) is 41.8. The van der Waals surface area contributed by atoms with Gasteiger partial charge in [0.15, 0.2) is 23.1 Å². The van der Waals surface area contributed by atoms with Gasteiger partial charge in [0, 0.05) is 74.1 Å². The number of unbranched alkanes of at least 4 members (excludes halogenated alkanes) is 14. The lowest BCUT2D eigenvalue weighted by Gasteiger charge is -2.25. The molecule has 0 aliphatic carbocycles. The zero-order valence-corrected chi connectivity index (χ0v) is 47.8. The van der Waals surface area contributed by atoms with Crippen molar-refractivity contribution in [2.75, 3.05) is 32.8 Å². The van der Waals surface area contributed by atoms with Crippen LogP contribution in [0.3, 0.4) is 0 Å². The molecule has 1 unspecified atom stereocenters. The summed E-state index contributed by atoms with van der Waals surface area (Å²) in [5.74, 6) is -7.06. The van der Waals surface area contributed by atoms with Gasteiger partial charge >= 0.3 is 0 Å². The molecule has 20 nitrogen and oxygen atoms in total. The van der Waals surface area contributed by atoms with Gasteiger partial charge in [0.05, 0.1) is 44.4 Å². The number of hydrogen-bond donors (Lipinski definition) is 10. The number of H-pyrrole nitrogens is 2. The fourth-order valence-corrected chi connectivity index (χ4v) is 9.83. The molecule has 0 saturated heterocycles. The number of rotatable bonds is 49. The maximum absolute atomic E-state index is 14.0. The summed E-state index contributed by atoms with van der Waals surface area (Å²) in [7, 11) is 0. The summed E-state index contributed by atoms with van der Waals surface area (Å²) in [4.78, 5) is 123. The summed E-state index contributed by atoms with van der Waals surface area (Å²) in [6.07, 6.45) is 24.6. The minimum atomic E-state index is -1.46. The maximum Gasteiger partial charge on any atom is 0.224 e.